The zero-order valence-corrected chi connectivity index (χ0v) is 10.4. The van der Waals surface area contributed by atoms with Crippen LogP contribution in [-0.4, -0.2) is 12.4 Å². The molecule has 1 aliphatic rings. The normalized spacial score (nSPS) is 17.4. The van der Waals surface area contributed by atoms with Gasteiger partial charge in [0.15, 0.2) is 0 Å². The van der Waals surface area contributed by atoms with Gasteiger partial charge in [-0.1, -0.05) is 17.7 Å². The third-order valence-electron chi connectivity index (χ3n) is 3.05. The van der Waals surface area contributed by atoms with Crippen LogP contribution < -0.4 is 5.32 Å². The molecule has 1 aromatic rings. The van der Waals surface area contributed by atoms with E-state index in [9.17, 15) is 4.39 Å². The molecule has 0 amide bonds. The summed E-state index contributed by atoms with van der Waals surface area (Å²) in [6.45, 7) is 1.56. The number of rotatable bonds is 5. The second-order valence-electron chi connectivity index (χ2n) is 4.49. The molecule has 1 nitrogen and oxygen atoms in total. The minimum absolute atomic E-state index is 0.170. The van der Waals surface area contributed by atoms with Crippen LogP contribution in [0.2, 0.25) is 5.02 Å². The quantitative estimate of drug-likeness (QED) is 0.799. The van der Waals surface area contributed by atoms with E-state index in [0.717, 1.165) is 12.1 Å². The van der Waals surface area contributed by atoms with Gasteiger partial charge in [-0.25, -0.2) is 4.39 Å². The lowest BCUT2D eigenvalue weighted by Gasteiger charge is -2.12. The van der Waals surface area contributed by atoms with Gasteiger partial charge in [0.05, 0.1) is 5.02 Å². The molecule has 0 saturated heterocycles. The van der Waals surface area contributed by atoms with Crippen molar-refractivity contribution in [2.75, 3.05) is 12.4 Å². The van der Waals surface area contributed by atoms with Gasteiger partial charge in [-0.3, -0.25) is 0 Å². The lowest BCUT2D eigenvalue weighted by Crippen LogP contribution is -2.24. The minimum Gasteiger partial charge on any atom is -0.312 e. The monoisotopic (exact) mass is 261 g/mol. The summed E-state index contributed by atoms with van der Waals surface area (Å²) in [6, 6.07) is 4.89. The van der Waals surface area contributed by atoms with Gasteiger partial charge in [0.25, 0.3) is 0 Å². The molecular weight excluding hydrogens is 248 g/mol. The highest BCUT2D eigenvalue weighted by Gasteiger charge is 2.40. The van der Waals surface area contributed by atoms with Crippen LogP contribution in [0.15, 0.2) is 18.2 Å². The molecular formula is C12H14Cl2FN. The van der Waals surface area contributed by atoms with Crippen LogP contribution in [-0.2, 0) is 6.54 Å². The Kier molecular flexibility index (Phi) is 3.73. The van der Waals surface area contributed by atoms with Crippen molar-refractivity contribution in [3.8, 4) is 0 Å². The van der Waals surface area contributed by atoms with Crippen LogP contribution in [0.3, 0.4) is 0 Å². The Morgan fingerprint density at radius 3 is 2.69 bits per heavy atom. The molecule has 2 rings (SSSR count). The third kappa shape index (κ3) is 2.88. The molecule has 1 saturated carbocycles. The largest absolute Gasteiger partial charge is 0.312 e. The van der Waals surface area contributed by atoms with Gasteiger partial charge in [-0.2, -0.15) is 0 Å². The SMILES string of the molecule is Fc1cc(CNCC2(CCl)CC2)ccc1Cl. The summed E-state index contributed by atoms with van der Waals surface area (Å²) in [5.74, 6) is 0.342. The molecule has 0 bridgehead atoms. The van der Waals surface area contributed by atoms with Gasteiger partial charge in [0, 0.05) is 19.0 Å². The zero-order chi connectivity index (χ0) is 11.6. The highest BCUT2D eigenvalue weighted by atomic mass is 35.5. The number of hydrogen-bond acceptors (Lipinski definition) is 1. The van der Waals surface area contributed by atoms with Crippen molar-refractivity contribution >= 4 is 23.2 Å². The molecule has 16 heavy (non-hydrogen) atoms. The summed E-state index contributed by atoms with van der Waals surface area (Å²) in [5, 5.41) is 3.48. The molecule has 0 aromatic heterocycles. The molecule has 0 atom stereocenters. The van der Waals surface area contributed by atoms with Gasteiger partial charge in [0.2, 0.25) is 0 Å². The fourth-order valence-corrected chi connectivity index (χ4v) is 2.14. The molecule has 88 valence electrons. The maximum Gasteiger partial charge on any atom is 0.142 e. The number of halogens is 3. The average Bonchev–Trinajstić information content (AvgIpc) is 3.04. The predicted octanol–water partition coefficient (Wildman–Crippen LogP) is 3.59. The Bertz CT molecular complexity index is 377. The fourth-order valence-electron chi connectivity index (χ4n) is 1.66. The van der Waals surface area contributed by atoms with Gasteiger partial charge in [-0.05, 0) is 36.0 Å². The smallest absolute Gasteiger partial charge is 0.142 e. The van der Waals surface area contributed by atoms with Crippen LogP contribution >= 0.6 is 23.2 Å². The Morgan fingerprint density at radius 2 is 2.12 bits per heavy atom. The van der Waals surface area contributed by atoms with Crippen LogP contribution in [0.1, 0.15) is 18.4 Å². The highest BCUT2D eigenvalue weighted by Crippen LogP contribution is 2.45. The Morgan fingerprint density at radius 1 is 1.38 bits per heavy atom. The lowest BCUT2D eigenvalue weighted by molar-refractivity contribution is 0.504. The topological polar surface area (TPSA) is 12.0 Å². The van der Waals surface area contributed by atoms with E-state index in [1.54, 1.807) is 6.07 Å². The van der Waals surface area contributed by atoms with Crippen molar-refractivity contribution in [3.05, 3.63) is 34.6 Å². The summed E-state index contributed by atoms with van der Waals surface area (Å²) >= 11 is 11.5. The molecule has 1 N–H and O–H groups in total. The molecule has 0 radical (unpaired) electrons. The Hall–Kier alpha value is -0.310. The van der Waals surface area contributed by atoms with E-state index in [1.807, 2.05) is 6.07 Å². The van der Waals surface area contributed by atoms with E-state index in [-0.39, 0.29) is 10.8 Å². The van der Waals surface area contributed by atoms with E-state index in [1.165, 1.54) is 18.9 Å². The van der Waals surface area contributed by atoms with Crippen LogP contribution in [0.4, 0.5) is 4.39 Å². The zero-order valence-electron chi connectivity index (χ0n) is 8.90. The Balaban J connectivity index is 1.83. The van der Waals surface area contributed by atoms with E-state index in [4.69, 9.17) is 23.2 Å². The van der Waals surface area contributed by atoms with Crippen LogP contribution in [0.5, 0.6) is 0 Å². The Labute approximate surface area is 105 Å². The van der Waals surface area contributed by atoms with E-state index in [0.29, 0.717) is 17.8 Å². The molecule has 1 fully saturated rings. The van der Waals surface area contributed by atoms with Gasteiger partial charge in [0.1, 0.15) is 5.82 Å². The van der Waals surface area contributed by atoms with Crippen molar-refractivity contribution in [2.24, 2.45) is 5.41 Å². The standard InChI is InChI=1S/C12H14Cl2FN/c13-7-12(3-4-12)8-16-6-9-1-2-10(14)11(15)5-9/h1-2,5,16H,3-4,6-8H2. The number of hydrogen-bond donors (Lipinski definition) is 1. The predicted molar refractivity (Wildman–Crippen MR) is 65.5 cm³/mol. The molecule has 1 aliphatic carbocycles. The first kappa shape index (κ1) is 12.2. The first-order valence-electron chi connectivity index (χ1n) is 5.36. The van der Waals surface area contributed by atoms with Gasteiger partial charge < -0.3 is 5.32 Å². The van der Waals surface area contributed by atoms with Crippen LogP contribution in [0, 0.1) is 11.2 Å². The van der Waals surface area contributed by atoms with Gasteiger partial charge in [-0.15, -0.1) is 11.6 Å². The number of alkyl halides is 1. The lowest BCUT2D eigenvalue weighted by atomic mass is 10.1. The summed E-state index contributed by atoms with van der Waals surface area (Å²) in [4.78, 5) is 0. The summed E-state index contributed by atoms with van der Waals surface area (Å²) in [7, 11) is 0. The summed E-state index contributed by atoms with van der Waals surface area (Å²) in [6.07, 6.45) is 2.39. The second kappa shape index (κ2) is 4.91. The molecule has 1 aromatic carbocycles. The number of benzene rings is 1. The fraction of sp³-hybridized carbons (Fsp3) is 0.500. The van der Waals surface area contributed by atoms with Crippen molar-refractivity contribution in [1.82, 2.24) is 5.32 Å². The van der Waals surface area contributed by atoms with Crippen molar-refractivity contribution in [2.45, 2.75) is 19.4 Å². The summed E-state index contributed by atoms with van der Waals surface area (Å²) in [5.41, 5.74) is 1.21. The maximum absolute atomic E-state index is 13.1. The van der Waals surface area contributed by atoms with Crippen molar-refractivity contribution in [1.29, 1.82) is 0 Å². The first-order chi connectivity index (χ1) is 7.65. The third-order valence-corrected chi connectivity index (χ3v) is 3.93. The molecule has 0 heterocycles. The maximum atomic E-state index is 13.1. The average molecular weight is 262 g/mol. The van der Waals surface area contributed by atoms with Gasteiger partial charge >= 0.3 is 0 Å². The summed E-state index contributed by atoms with van der Waals surface area (Å²) < 4.78 is 13.1. The minimum atomic E-state index is -0.362. The van der Waals surface area contributed by atoms with E-state index in [2.05, 4.69) is 5.32 Å². The van der Waals surface area contributed by atoms with E-state index < -0.39 is 0 Å². The van der Waals surface area contributed by atoms with E-state index >= 15 is 0 Å². The molecule has 0 spiro atoms. The van der Waals surface area contributed by atoms with Crippen molar-refractivity contribution < 1.29 is 4.39 Å². The molecule has 0 aliphatic heterocycles. The van der Waals surface area contributed by atoms with Crippen molar-refractivity contribution in [3.63, 3.8) is 0 Å². The first-order valence-corrected chi connectivity index (χ1v) is 6.27. The molecule has 0 unspecified atom stereocenters. The molecule has 4 heteroatoms. The number of nitrogens with one attached hydrogen (secondary N) is 1. The van der Waals surface area contributed by atoms with Crippen LogP contribution in [0.25, 0.3) is 0 Å². The second-order valence-corrected chi connectivity index (χ2v) is 5.16. The highest BCUT2D eigenvalue weighted by molar-refractivity contribution is 6.30.